The molecule has 1 aliphatic carbocycles. The van der Waals surface area contributed by atoms with Gasteiger partial charge in [0.05, 0.1) is 0 Å². The van der Waals surface area contributed by atoms with Crippen molar-refractivity contribution in [2.45, 2.75) is 44.3 Å². The average Bonchev–Trinajstić information content (AvgIpc) is 2.86. The second-order valence-electron chi connectivity index (χ2n) is 8.39. The second kappa shape index (κ2) is 11.3. The van der Waals surface area contributed by atoms with Crippen molar-refractivity contribution in [2.75, 3.05) is 0 Å². The van der Waals surface area contributed by atoms with E-state index in [-0.39, 0.29) is 48.0 Å². The largest absolute Gasteiger partial charge is 0.508 e. The van der Waals surface area contributed by atoms with E-state index in [2.05, 4.69) is 20.9 Å². The van der Waals surface area contributed by atoms with Gasteiger partial charge < -0.3 is 25.8 Å². The first-order valence-electron chi connectivity index (χ1n) is 11.5. The summed E-state index contributed by atoms with van der Waals surface area (Å²) in [6, 6.07) is 15.3. The van der Waals surface area contributed by atoms with Crippen molar-refractivity contribution >= 4 is 11.9 Å². The zero-order chi connectivity index (χ0) is 24.6. The molecule has 8 nitrogen and oxygen atoms in total. The summed E-state index contributed by atoms with van der Waals surface area (Å²) in [6.07, 6.45) is 4.40. The van der Waals surface area contributed by atoms with Gasteiger partial charge in [-0.1, -0.05) is 18.2 Å². The van der Waals surface area contributed by atoms with E-state index in [1.165, 1.54) is 30.5 Å². The van der Waals surface area contributed by atoms with Crippen LogP contribution in [-0.4, -0.2) is 34.1 Å². The molecule has 3 amide bonds. The number of urea groups is 1. The Labute approximate surface area is 202 Å². The Hall–Kier alpha value is -4.14. The topological polar surface area (TPSA) is 113 Å². The molecule has 35 heavy (non-hydrogen) atoms. The lowest BCUT2D eigenvalue weighted by molar-refractivity contribution is 0.0921. The fourth-order valence-electron chi connectivity index (χ4n) is 3.98. The van der Waals surface area contributed by atoms with Gasteiger partial charge in [0.1, 0.15) is 22.9 Å². The third-order valence-electron chi connectivity index (χ3n) is 5.87. The highest BCUT2D eigenvalue weighted by Gasteiger charge is 2.25. The molecule has 4 rings (SSSR count). The zero-order valence-corrected chi connectivity index (χ0v) is 19.0. The molecule has 0 unspecified atom stereocenters. The molecule has 0 saturated heterocycles. The molecule has 4 N–H and O–H groups in total. The number of pyridine rings is 1. The molecule has 2 aromatic carbocycles. The molecule has 1 saturated carbocycles. The van der Waals surface area contributed by atoms with Crippen molar-refractivity contribution in [1.82, 2.24) is 20.9 Å². The average molecular weight is 479 g/mol. The molecular weight excluding hydrogens is 451 g/mol. The van der Waals surface area contributed by atoms with Crippen LogP contribution in [-0.2, 0) is 6.54 Å². The highest BCUT2D eigenvalue weighted by Crippen LogP contribution is 2.24. The summed E-state index contributed by atoms with van der Waals surface area (Å²) in [6.45, 7) is 0.233. The first kappa shape index (κ1) is 24.0. The van der Waals surface area contributed by atoms with E-state index in [1.807, 2.05) is 0 Å². The molecule has 0 radical (unpaired) electrons. The van der Waals surface area contributed by atoms with Crippen LogP contribution in [0.3, 0.4) is 0 Å². The molecule has 1 fully saturated rings. The molecule has 0 atom stereocenters. The number of hydrogen-bond acceptors (Lipinski definition) is 5. The predicted octanol–water partition coefficient (Wildman–Crippen LogP) is 4.26. The van der Waals surface area contributed by atoms with Crippen molar-refractivity contribution in [2.24, 2.45) is 0 Å². The minimum absolute atomic E-state index is 0.00304. The van der Waals surface area contributed by atoms with Crippen molar-refractivity contribution in [3.05, 3.63) is 83.8 Å². The lowest BCUT2D eigenvalue weighted by Gasteiger charge is -2.29. The molecule has 1 aromatic heterocycles. The van der Waals surface area contributed by atoms with Gasteiger partial charge in [0.25, 0.3) is 5.91 Å². The van der Waals surface area contributed by atoms with Gasteiger partial charge in [-0.2, -0.15) is 0 Å². The molecule has 0 spiro atoms. The van der Waals surface area contributed by atoms with Crippen molar-refractivity contribution < 1.29 is 23.8 Å². The summed E-state index contributed by atoms with van der Waals surface area (Å²) in [5.41, 5.74) is 0.938. The van der Waals surface area contributed by atoms with Crippen molar-refractivity contribution in [3.63, 3.8) is 0 Å². The fraction of sp³-hybridized carbons (Fsp3) is 0.269. The van der Waals surface area contributed by atoms with E-state index in [9.17, 15) is 19.1 Å². The van der Waals surface area contributed by atoms with E-state index in [4.69, 9.17) is 4.74 Å². The number of aromatic nitrogens is 1. The SMILES string of the molecule is O=C(NCc1ccccc1O)NC1CCC(NC(=O)c2cccnc2Oc2ccc(F)cc2)CC1. The molecule has 182 valence electrons. The number of hydrogen-bond donors (Lipinski definition) is 4. The fourth-order valence-corrected chi connectivity index (χ4v) is 3.98. The Morgan fingerprint density at radius 1 is 0.943 bits per heavy atom. The number of para-hydroxylation sites is 1. The van der Waals surface area contributed by atoms with Gasteiger partial charge in [-0.05, 0) is 68.1 Å². The minimum Gasteiger partial charge on any atom is -0.508 e. The monoisotopic (exact) mass is 478 g/mol. The lowest BCUT2D eigenvalue weighted by Crippen LogP contribution is -2.46. The third kappa shape index (κ3) is 6.69. The molecule has 9 heteroatoms. The smallest absolute Gasteiger partial charge is 0.315 e. The van der Waals surface area contributed by atoms with E-state index in [0.717, 1.165) is 12.8 Å². The maximum absolute atomic E-state index is 13.1. The van der Waals surface area contributed by atoms with Crippen LogP contribution in [0.5, 0.6) is 17.4 Å². The number of amides is 3. The van der Waals surface area contributed by atoms with Gasteiger partial charge in [0.15, 0.2) is 0 Å². The number of carbonyl (C=O) groups is 2. The van der Waals surface area contributed by atoms with Crippen LogP contribution in [0.4, 0.5) is 9.18 Å². The minimum atomic E-state index is -0.380. The van der Waals surface area contributed by atoms with Gasteiger partial charge in [0.2, 0.25) is 5.88 Å². The van der Waals surface area contributed by atoms with Crippen LogP contribution < -0.4 is 20.7 Å². The van der Waals surface area contributed by atoms with Crippen LogP contribution >= 0.6 is 0 Å². The highest BCUT2D eigenvalue weighted by atomic mass is 19.1. The third-order valence-corrected chi connectivity index (χ3v) is 5.87. The number of ether oxygens (including phenoxy) is 1. The predicted molar refractivity (Wildman–Crippen MR) is 128 cm³/mol. The van der Waals surface area contributed by atoms with E-state index < -0.39 is 0 Å². The molecular formula is C26H27FN4O4. The molecule has 1 heterocycles. The summed E-state index contributed by atoms with van der Waals surface area (Å²) in [5.74, 6) is -0.00936. The van der Waals surface area contributed by atoms with E-state index in [0.29, 0.717) is 29.7 Å². The quantitative estimate of drug-likeness (QED) is 0.405. The summed E-state index contributed by atoms with van der Waals surface area (Å²) in [4.78, 5) is 29.3. The zero-order valence-electron chi connectivity index (χ0n) is 19.0. The maximum Gasteiger partial charge on any atom is 0.315 e. The van der Waals surface area contributed by atoms with Crippen LogP contribution in [0.1, 0.15) is 41.6 Å². The number of phenolic OH excluding ortho intramolecular Hbond substituents is 1. The van der Waals surface area contributed by atoms with E-state index >= 15 is 0 Å². The highest BCUT2D eigenvalue weighted by molar-refractivity contribution is 5.96. The number of benzene rings is 2. The Bertz CT molecular complexity index is 1160. The van der Waals surface area contributed by atoms with Crippen LogP contribution in [0.2, 0.25) is 0 Å². The molecule has 3 aromatic rings. The standard InChI is InChI=1S/C26H27FN4O4/c27-18-7-13-21(14-8-18)35-25-22(5-3-15-28-25)24(33)30-19-9-11-20(12-10-19)31-26(34)29-16-17-4-1-2-6-23(17)32/h1-8,13-15,19-20,32H,9-12,16H2,(H,30,33)(H2,29,31,34). The summed E-state index contributed by atoms with van der Waals surface area (Å²) in [5, 5.41) is 18.5. The normalized spacial score (nSPS) is 17.3. The molecule has 0 aliphatic heterocycles. The maximum atomic E-state index is 13.1. The number of carbonyl (C=O) groups excluding carboxylic acids is 2. The van der Waals surface area contributed by atoms with E-state index in [1.54, 1.807) is 36.4 Å². The number of nitrogens with zero attached hydrogens (tertiary/aromatic N) is 1. The summed E-state index contributed by atoms with van der Waals surface area (Å²) < 4.78 is 18.8. The Morgan fingerprint density at radius 2 is 1.63 bits per heavy atom. The number of halogens is 1. The molecule has 1 aliphatic rings. The van der Waals surface area contributed by atoms with Crippen molar-refractivity contribution in [1.29, 1.82) is 0 Å². The van der Waals surface area contributed by atoms with Crippen LogP contribution in [0.15, 0.2) is 66.9 Å². The Morgan fingerprint density at radius 3 is 2.34 bits per heavy atom. The Balaban J connectivity index is 1.24. The first-order valence-corrected chi connectivity index (χ1v) is 11.5. The number of nitrogens with one attached hydrogen (secondary N) is 3. The van der Waals surface area contributed by atoms with Gasteiger partial charge in [-0.3, -0.25) is 4.79 Å². The van der Waals surface area contributed by atoms with Crippen LogP contribution in [0, 0.1) is 5.82 Å². The van der Waals surface area contributed by atoms with Gasteiger partial charge >= 0.3 is 6.03 Å². The lowest BCUT2D eigenvalue weighted by atomic mass is 9.91. The summed E-state index contributed by atoms with van der Waals surface area (Å²) >= 11 is 0. The van der Waals surface area contributed by atoms with Gasteiger partial charge in [-0.25, -0.2) is 14.2 Å². The number of aromatic hydroxyl groups is 1. The van der Waals surface area contributed by atoms with Gasteiger partial charge in [0, 0.05) is 30.4 Å². The summed E-state index contributed by atoms with van der Waals surface area (Å²) in [7, 11) is 0. The molecule has 0 bridgehead atoms. The van der Waals surface area contributed by atoms with Gasteiger partial charge in [-0.15, -0.1) is 0 Å². The number of rotatable bonds is 7. The Kier molecular flexibility index (Phi) is 7.77. The van der Waals surface area contributed by atoms with Crippen LogP contribution in [0.25, 0.3) is 0 Å². The first-order chi connectivity index (χ1) is 17.0. The second-order valence-corrected chi connectivity index (χ2v) is 8.39. The number of phenols is 1. The van der Waals surface area contributed by atoms with Crippen molar-refractivity contribution in [3.8, 4) is 17.4 Å².